The van der Waals surface area contributed by atoms with Crippen LogP contribution in [0.3, 0.4) is 0 Å². The SMILES string of the molecule is OB(O)c1ccc(Oc2ccccc2)cc1C(F)(F)F. The molecule has 2 N–H and O–H groups in total. The Labute approximate surface area is 113 Å². The highest BCUT2D eigenvalue weighted by Gasteiger charge is 2.36. The van der Waals surface area contributed by atoms with E-state index in [-0.39, 0.29) is 5.75 Å². The largest absolute Gasteiger partial charge is 0.489 e. The summed E-state index contributed by atoms with van der Waals surface area (Å²) in [5.74, 6) is 0.353. The molecular formula is C13H10BF3O3. The van der Waals surface area contributed by atoms with Gasteiger partial charge >= 0.3 is 13.3 Å². The van der Waals surface area contributed by atoms with Gasteiger partial charge in [0.05, 0.1) is 5.56 Å². The van der Waals surface area contributed by atoms with Gasteiger partial charge in [-0.15, -0.1) is 0 Å². The van der Waals surface area contributed by atoms with Gasteiger partial charge in [0.2, 0.25) is 0 Å². The summed E-state index contributed by atoms with van der Waals surface area (Å²) in [7, 11) is -2.20. The van der Waals surface area contributed by atoms with Crippen LogP contribution < -0.4 is 10.2 Å². The lowest BCUT2D eigenvalue weighted by atomic mass is 9.77. The summed E-state index contributed by atoms with van der Waals surface area (Å²) in [4.78, 5) is 0. The number of alkyl halides is 3. The van der Waals surface area contributed by atoms with Crippen LogP contribution in [0.4, 0.5) is 13.2 Å². The van der Waals surface area contributed by atoms with Crippen molar-refractivity contribution in [3.8, 4) is 11.5 Å². The molecule has 0 heterocycles. The molecule has 0 aliphatic heterocycles. The zero-order valence-corrected chi connectivity index (χ0v) is 10.1. The maximum Gasteiger partial charge on any atom is 0.489 e. The van der Waals surface area contributed by atoms with E-state index in [2.05, 4.69) is 0 Å². The Hall–Kier alpha value is -1.99. The monoisotopic (exact) mass is 282 g/mol. The number of para-hydroxylation sites is 1. The molecule has 0 aliphatic rings. The van der Waals surface area contributed by atoms with Gasteiger partial charge < -0.3 is 14.8 Å². The van der Waals surface area contributed by atoms with Crippen molar-refractivity contribution in [2.45, 2.75) is 6.18 Å². The average Bonchev–Trinajstić information content (AvgIpc) is 2.38. The van der Waals surface area contributed by atoms with Crippen molar-refractivity contribution < 1.29 is 28.0 Å². The molecule has 0 atom stereocenters. The highest BCUT2D eigenvalue weighted by Crippen LogP contribution is 2.31. The van der Waals surface area contributed by atoms with Crippen LogP contribution in [0.5, 0.6) is 11.5 Å². The van der Waals surface area contributed by atoms with Gasteiger partial charge in [0.1, 0.15) is 11.5 Å². The fourth-order valence-corrected chi connectivity index (χ4v) is 1.69. The zero-order chi connectivity index (χ0) is 14.8. The molecule has 0 saturated carbocycles. The number of ether oxygens (including phenoxy) is 1. The van der Waals surface area contributed by atoms with Gasteiger partial charge in [0.25, 0.3) is 0 Å². The summed E-state index contributed by atoms with van der Waals surface area (Å²) >= 11 is 0. The Kier molecular flexibility index (Phi) is 4.01. The minimum atomic E-state index is -4.70. The Bertz CT molecular complexity index is 585. The van der Waals surface area contributed by atoms with Crippen molar-refractivity contribution in [3.63, 3.8) is 0 Å². The molecular weight excluding hydrogens is 272 g/mol. The highest BCUT2D eigenvalue weighted by molar-refractivity contribution is 6.59. The average molecular weight is 282 g/mol. The predicted octanol–water partition coefficient (Wildman–Crippen LogP) is 2.18. The van der Waals surface area contributed by atoms with Gasteiger partial charge in [0, 0.05) is 0 Å². The molecule has 0 bridgehead atoms. The van der Waals surface area contributed by atoms with Crippen molar-refractivity contribution in [1.82, 2.24) is 0 Å². The van der Waals surface area contributed by atoms with Crippen molar-refractivity contribution in [2.24, 2.45) is 0 Å². The Morgan fingerprint density at radius 2 is 1.55 bits per heavy atom. The normalized spacial score (nSPS) is 11.2. The molecule has 0 spiro atoms. The fourth-order valence-electron chi connectivity index (χ4n) is 1.69. The van der Waals surface area contributed by atoms with E-state index >= 15 is 0 Å². The highest BCUT2D eigenvalue weighted by atomic mass is 19.4. The molecule has 0 unspecified atom stereocenters. The molecule has 20 heavy (non-hydrogen) atoms. The molecule has 0 aliphatic carbocycles. The second-order valence-corrected chi connectivity index (χ2v) is 4.04. The van der Waals surface area contributed by atoms with Crippen LogP contribution in [0.1, 0.15) is 5.56 Å². The number of hydrogen-bond acceptors (Lipinski definition) is 3. The van der Waals surface area contributed by atoms with Crippen LogP contribution in [0.2, 0.25) is 0 Å². The first kappa shape index (κ1) is 14.4. The third-order valence-electron chi connectivity index (χ3n) is 2.59. The number of hydrogen-bond donors (Lipinski definition) is 2. The summed E-state index contributed by atoms with van der Waals surface area (Å²) < 4.78 is 43.8. The van der Waals surface area contributed by atoms with E-state index in [0.717, 1.165) is 12.1 Å². The molecule has 7 heteroatoms. The Balaban J connectivity index is 2.37. The molecule has 2 rings (SSSR count). The first-order chi connectivity index (χ1) is 9.38. The van der Waals surface area contributed by atoms with Crippen LogP contribution in [0, 0.1) is 0 Å². The molecule has 0 radical (unpaired) electrons. The van der Waals surface area contributed by atoms with Gasteiger partial charge in [0.15, 0.2) is 0 Å². The summed E-state index contributed by atoms with van der Waals surface area (Å²) in [6.45, 7) is 0. The van der Waals surface area contributed by atoms with Crippen LogP contribution in [0.25, 0.3) is 0 Å². The summed E-state index contributed by atoms with van der Waals surface area (Å²) in [6.07, 6.45) is -4.70. The topological polar surface area (TPSA) is 49.7 Å². The minimum absolute atomic E-state index is 0.0343. The van der Waals surface area contributed by atoms with E-state index in [1.807, 2.05) is 0 Å². The first-order valence-corrected chi connectivity index (χ1v) is 5.68. The lowest BCUT2D eigenvalue weighted by molar-refractivity contribution is -0.136. The van der Waals surface area contributed by atoms with Gasteiger partial charge in [-0.2, -0.15) is 13.2 Å². The molecule has 3 nitrogen and oxygen atoms in total. The van der Waals surface area contributed by atoms with Gasteiger partial charge in [-0.1, -0.05) is 24.3 Å². The number of rotatable bonds is 3. The summed E-state index contributed by atoms with van der Waals surface area (Å²) in [5, 5.41) is 17.9. The van der Waals surface area contributed by atoms with E-state index in [9.17, 15) is 13.2 Å². The van der Waals surface area contributed by atoms with Crippen LogP contribution in [-0.4, -0.2) is 17.2 Å². The lowest BCUT2D eigenvalue weighted by Gasteiger charge is -2.14. The fraction of sp³-hybridized carbons (Fsp3) is 0.0769. The van der Waals surface area contributed by atoms with Gasteiger partial charge in [-0.05, 0) is 29.7 Å². The van der Waals surface area contributed by atoms with E-state index in [4.69, 9.17) is 14.8 Å². The molecule has 104 valence electrons. The minimum Gasteiger partial charge on any atom is -0.457 e. The van der Waals surface area contributed by atoms with E-state index < -0.39 is 24.3 Å². The third-order valence-corrected chi connectivity index (χ3v) is 2.59. The quantitative estimate of drug-likeness (QED) is 0.848. The van der Waals surface area contributed by atoms with Crippen LogP contribution in [-0.2, 0) is 6.18 Å². The third kappa shape index (κ3) is 3.31. The van der Waals surface area contributed by atoms with Gasteiger partial charge in [-0.3, -0.25) is 0 Å². The standard InChI is InChI=1S/C13H10BF3O3/c15-13(16,17)11-8-10(6-7-12(11)14(18)19)20-9-4-2-1-3-5-9/h1-8,18-19H. The Morgan fingerprint density at radius 3 is 2.10 bits per heavy atom. The summed E-state index contributed by atoms with van der Waals surface area (Å²) in [5.41, 5.74) is -1.75. The second-order valence-electron chi connectivity index (χ2n) is 4.04. The van der Waals surface area contributed by atoms with Gasteiger partial charge in [-0.25, -0.2) is 0 Å². The summed E-state index contributed by atoms with van der Waals surface area (Å²) in [6, 6.07) is 11.3. The van der Waals surface area contributed by atoms with E-state index in [1.54, 1.807) is 30.3 Å². The van der Waals surface area contributed by atoms with Crippen LogP contribution >= 0.6 is 0 Å². The van der Waals surface area contributed by atoms with Crippen molar-refractivity contribution in [2.75, 3.05) is 0 Å². The maximum atomic E-state index is 12.8. The van der Waals surface area contributed by atoms with E-state index in [1.165, 1.54) is 6.07 Å². The predicted molar refractivity (Wildman–Crippen MR) is 67.8 cm³/mol. The molecule has 2 aromatic rings. The molecule has 0 fully saturated rings. The molecule has 0 amide bonds. The molecule has 0 saturated heterocycles. The lowest BCUT2D eigenvalue weighted by Crippen LogP contribution is -2.35. The van der Waals surface area contributed by atoms with Crippen molar-refractivity contribution in [3.05, 3.63) is 54.1 Å². The zero-order valence-electron chi connectivity index (χ0n) is 10.1. The van der Waals surface area contributed by atoms with Crippen molar-refractivity contribution in [1.29, 1.82) is 0 Å². The maximum absolute atomic E-state index is 12.8. The number of halogens is 3. The number of benzene rings is 2. The Morgan fingerprint density at radius 1 is 0.900 bits per heavy atom. The van der Waals surface area contributed by atoms with E-state index in [0.29, 0.717) is 5.75 Å². The second kappa shape index (κ2) is 5.56. The molecule has 2 aromatic carbocycles. The molecule has 0 aromatic heterocycles. The first-order valence-electron chi connectivity index (χ1n) is 5.68. The van der Waals surface area contributed by atoms with Crippen LogP contribution in [0.15, 0.2) is 48.5 Å². The van der Waals surface area contributed by atoms with Crippen molar-refractivity contribution >= 4 is 12.6 Å². The smallest absolute Gasteiger partial charge is 0.457 e.